The van der Waals surface area contributed by atoms with Crippen molar-refractivity contribution in [2.45, 2.75) is 12.8 Å². The molecule has 0 bridgehead atoms. The summed E-state index contributed by atoms with van der Waals surface area (Å²) < 4.78 is 6.59. The van der Waals surface area contributed by atoms with Gasteiger partial charge in [0.2, 0.25) is 5.91 Å². The summed E-state index contributed by atoms with van der Waals surface area (Å²) in [5.41, 5.74) is 4.37. The second-order valence-electron chi connectivity index (χ2n) is 6.35. The molecular weight excluding hydrogens is 431 g/mol. The molecule has 0 aliphatic carbocycles. The lowest BCUT2D eigenvalue weighted by atomic mass is 10.1. The first-order valence-electron chi connectivity index (χ1n) is 9.00. The standard InChI is InChI=1S/C20H18Cl2N4O4/c1-26-20(29)14-6-3-2-5-13(14)18(25-26)19(28)24-23-17(27)7-4-10-30-16-9-8-12(21)11-15(16)22/h2-3,5-6,8-9,11H,4,7,10H2,1H3,(H,23,27)(H,24,28). The van der Waals surface area contributed by atoms with E-state index in [1.807, 2.05) is 0 Å². The third-order valence-electron chi connectivity index (χ3n) is 4.19. The van der Waals surface area contributed by atoms with Gasteiger partial charge in [0.05, 0.1) is 17.0 Å². The number of carbonyl (C=O) groups excluding carboxylic acids is 2. The molecule has 30 heavy (non-hydrogen) atoms. The summed E-state index contributed by atoms with van der Waals surface area (Å²) in [7, 11) is 1.46. The summed E-state index contributed by atoms with van der Waals surface area (Å²) >= 11 is 11.8. The number of amides is 2. The van der Waals surface area contributed by atoms with Gasteiger partial charge >= 0.3 is 0 Å². The monoisotopic (exact) mass is 448 g/mol. The average molecular weight is 449 g/mol. The van der Waals surface area contributed by atoms with Crippen molar-refractivity contribution in [2.24, 2.45) is 7.05 Å². The van der Waals surface area contributed by atoms with E-state index >= 15 is 0 Å². The minimum Gasteiger partial charge on any atom is -0.492 e. The molecule has 2 N–H and O–H groups in total. The highest BCUT2D eigenvalue weighted by molar-refractivity contribution is 6.35. The van der Waals surface area contributed by atoms with E-state index in [2.05, 4.69) is 16.0 Å². The van der Waals surface area contributed by atoms with Crippen molar-refractivity contribution in [3.05, 3.63) is 68.6 Å². The summed E-state index contributed by atoms with van der Waals surface area (Å²) in [4.78, 5) is 36.6. The number of nitrogens with one attached hydrogen (secondary N) is 2. The van der Waals surface area contributed by atoms with Gasteiger partial charge in [-0.2, -0.15) is 5.10 Å². The molecule has 2 aromatic carbocycles. The van der Waals surface area contributed by atoms with Crippen LogP contribution in [0.2, 0.25) is 10.0 Å². The number of halogens is 2. The third-order valence-corrected chi connectivity index (χ3v) is 4.72. The normalized spacial score (nSPS) is 10.6. The molecule has 10 heteroatoms. The van der Waals surface area contributed by atoms with Gasteiger partial charge in [-0.1, -0.05) is 41.4 Å². The van der Waals surface area contributed by atoms with Gasteiger partial charge in [-0.05, 0) is 30.7 Å². The number of ether oxygens (including phenoxy) is 1. The number of fused-ring (bicyclic) bond motifs is 1. The topological polar surface area (TPSA) is 102 Å². The Kier molecular flexibility index (Phi) is 6.91. The Hall–Kier alpha value is -3.10. The fourth-order valence-electron chi connectivity index (χ4n) is 2.72. The zero-order valence-electron chi connectivity index (χ0n) is 15.9. The van der Waals surface area contributed by atoms with Crippen LogP contribution in [0.3, 0.4) is 0 Å². The van der Waals surface area contributed by atoms with Crippen LogP contribution in [0.25, 0.3) is 10.8 Å². The molecule has 3 rings (SSSR count). The van der Waals surface area contributed by atoms with Gasteiger partial charge in [-0.15, -0.1) is 0 Å². The number of carbonyl (C=O) groups is 2. The summed E-state index contributed by atoms with van der Waals surface area (Å²) in [6.07, 6.45) is 0.522. The van der Waals surface area contributed by atoms with Crippen LogP contribution in [0.15, 0.2) is 47.3 Å². The van der Waals surface area contributed by atoms with Crippen molar-refractivity contribution in [1.82, 2.24) is 20.6 Å². The van der Waals surface area contributed by atoms with E-state index in [9.17, 15) is 14.4 Å². The lowest BCUT2D eigenvalue weighted by Gasteiger charge is -2.10. The lowest BCUT2D eigenvalue weighted by Crippen LogP contribution is -2.42. The highest BCUT2D eigenvalue weighted by Gasteiger charge is 2.16. The van der Waals surface area contributed by atoms with Crippen molar-refractivity contribution in [3.8, 4) is 5.75 Å². The molecule has 0 fully saturated rings. The zero-order chi connectivity index (χ0) is 21.7. The predicted octanol–water partition coefficient (Wildman–Crippen LogP) is 2.86. The first-order valence-corrected chi connectivity index (χ1v) is 9.75. The molecule has 0 aliphatic rings. The van der Waals surface area contributed by atoms with Crippen LogP contribution in [0.1, 0.15) is 23.3 Å². The maximum absolute atomic E-state index is 12.5. The first kappa shape index (κ1) is 21.6. The number of rotatable bonds is 6. The minimum absolute atomic E-state index is 0.0358. The molecule has 0 atom stereocenters. The Balaban J connectivity index is 1.51. The maximum atomic E-state index is 12.5. The molecule has 0 saturated carbocycles. The summed E-state index contributed by atoms with van der Waals surface area (Å²) in [6.45, 7) is 0.260. The van der Waals surface area contributed by atoms with E-state index < -0.39 is 11.8 Å². The molecule has 0 radical (unpaired) electrons. The van der Waals surface area contributed by atoms with Gasteiger partial charge < -0.3 is 4.74 Å². The Labute approximate surface area is 181 Å². The zero-order valence-corrected chi connectivity index (χ0v) is 17.5. The van der Waals surface area contributed by atoms with Crippen LogP contribution in [0.5, 0.6) is 5.75 Å². The van der Waals surface area contributed by atoms with Crippen molar-refractivity contribution in [2.75, 3.05) is 6.61 Å². The summed E-state index contributed by atoms with van der Waals surface area (Å²) in [6, 6.07) is 11.5. The number of hydrogen-bond donors (Lipinski definition) is 2. The lowest BCUT2D eigenvalue weighted by molar-refractivity contribution is -0.122. The predicted molar refractivity (Wildman–Crippen MR) is 114 cm³/mol. The van der Waals surface area contributed by atoms with Crippen LogP contribution < -0.4 is 21.1 Å². The number of nitrogens with zero attached hydrogens (tertiary/aromatic N) is 2. The Morgan fingerprint density at radius 2 is 1.83 bits per heavy atom. The highest BCUT2D eigenvalue weighted by atomic mass is 35.5. The number of aromatic nitrogens is 2. The van der Waals surface area contributed by atoms with Crippen LogP contribution in [-0.2, 0) is 11.8 Å². The largest absolute Gasteiger partial charge is 0.492 e. The van der Waals surface area contributed by atoms with Gasteiger partial charge in [0, 0.05) is 23.9 Å². The van der Waals surface area contributed by atoms with E-state index in [4.69, 9.17) is 27.9 Å². The molecule has 1 heterocycles. The quantitative estimate of drug-likeness (QED) is 0.445. The van der Waals surface area contributed by atoms with Gasteiger partial charge in [-0.25, -0.2) is 4.68 Å². The van der Waals surface area contributed by atoms with Gasteiger partial charge in [0.15, 0.2) is 5.69 Å². The van der Waals surface area contributed by atoms with E-state index in [0.29, 0.717) is 33.0 Å². The Morgan fingerprint density at radius 1 is 1.10 bits per heavy atom. The van der Waals surface area contributed by atoms with Crippen LogP contribution in [0, 0.1) is 0 Å². The fraction of sp³-hybridized carbons (Fsp3) is 0.200. The minimum atomic E-state index is -0.626. The molecular formula is C20H18Cl2N4O4. The van der Waals surface area contributed by atoms with E-state index in [1.165, 1.54) is 7.05 Å². The van der Waals surface area contributed by atoms with Gasteiger partial charge in [0.25, 0.3) is 11.5 Å². The molecule has 8 nitrogen and oxygen atoms in total. The molecule has 2 amide bonds. The SMILES string of the molecule is Cn1nc(C(=O)NNC(=O)CCCOc2ccc(Cl)cc2Cl)c2ccccc2c1=O. The second kappa shape index (κ2) is 9.60. The third kappa shape index (κ3) is 5.08. The molecule has 0 unspecified atom stereocenters. The number of aryl methyl sites for hydroxylation is 1. The molecule has 0 spiro atoms. The molecule has 0 saturated heterocycles. The molecule has 156 valence electrons. The van der Waals surface area contributed by atoms with E-state index in [-0.39, 0.29) is 24.3 Å². The van der Waals surface area contributed by atoms with Gasteiger partial charge in [-0.3, -0.25) is 25.2 Å². The number of hydrazine groups is 1. The van der Waals surface area contributed by atoms with Crippen molar-refractivity contribution >= 4 is 45.8 Å². The Morgan fingerprint density at radius 3 is 2.57 bits per heavy atom. The van der Waals surface area contributed by atoms with Gasteiger partial charge in [0.1, 0.15) is 5.75 Å². The smallest absolute Gasteiger partial charge is 0.290 e. The van der Waals surface area contributed by atoms with Crippen molar-refractivity contribution in [1.29, 1.82) is 0 Å². The highest BCUT2D eigenvalue weighted by Crippen LogP contribution is 2.27. The van der Waals surface area contributed by atoms with Crippen LogP contribution >= 0.6 is 23.2 Å². The first-order chi connectivity index (χ1) is 14.4. The van der Waals surface area contributed by atoms with Crippen molar-refractivity contribution in [3.63, 3.8) is 0 Å². The number of hydrogen-bond acceptors (Lipinski definition) is 5. The number of benzene rings is 2. The van der Waals surface area contributed by atoms with Crippen LogP contribution in [-0.4, -0.2) is 28.2 Å². The molecule has 3 aromatic rings. The van der Waals surface area contributed by atoms with E-state index in [0.717, 1.165) is 4.68 Å². The molecule has 1 aromatic heterocycles. The maximum Gasteiger partial charge on any atom is 0.290 e. The average Bonchev–Trinajstić information content (AvgIpc) is 2.73. The van der Waals surface area contributed by atoms with Crippen molar-refractivity contribution < 1.29 is 14.3 Å². The summed E-state index contributed by atoms with van der Waals surface area (Å²) in [5, 5.41) is 5.66. The second-order valence-corrected chi connectivity index (χ2v) is 7.20. The summed E-state index contributed by atoms with van der Waals surface area (Å²) in [5.74, 6) is -0.551. The van der Waals surface area contributed by atoms with Crippen LogP contribution in [0.4, 0.5) is 0 Å². The fourth-order valence-corrected chi connectivity index (χ4v) is 3.19. The Bertz CT molecular complexity index is 1160. The van der Waals surface area contributed by atoms with E-state index in [1.54, 1.807) is 42.5 Å². The molecule has 0 aliphatic heterocycles.